The molecule has 0 aromatic heterocycles. The summed E-state index contributed by atoms with van der Waals surface area (Å²) >= 11 is 0. The fraction of sp³-hybridized carbons (Fsp3) is 0.286. The molecule has 1 fully saturated rings. The molecule has 124 valence electrons. The zero-order valence-corrected chi connectivity index (χ0v) is 14.1. The van der Waals surface area contributed by atoms with Crippen LogP contribution in [0.1, 0.15) is 16.7 Å². The average molecular weight is 319 g/mol. The van der Waals surface area contributed by atoms with Crippen LogP contribution in [-0.2, 0) is 6.54 Å². The van der Waals surface area contributed by atoms with E-state index in [4.69, 9.17) is 5.41 Å². The number of rotatable bonds is 6. The maximum Gasteiger partial charge on any atom is 0.0250 e. The molecule has 1 heterocycles. The summed E-state index contributed by atoms with van der Waals surface area (Å²) < 4.78 is 0. The molecule has 0 atom stereocenters. The highest BCUT2D eigenvalue weighted by Gasteiger charge is 2.15. The van der Waals surface area contributed by atoms with E-state index in [1.54, 1.807) is 0 Å². The van der Waals surface area contributed by atoms with Gasteiger partial charge in [0.25, 0.3) is 0 Å². The number of piperazine rings is 1. The number of hydrogen-bond acceptors (Lipinski definition) is 3. The van der Waals surface area contributed by atoms with Gasteiger partial charge < -0.3 is 5.41 Å². The third-order valence-electron chi connectivity index (χ3n) is 4.49. The lowest BCUT2D eigenvalue weighted by molar-refractivity contribution is 0.137. The first-order valence-electron chi connectivity index (χ1n) is 8.59. The Kier molecular flexibility index (Phi) is 5.94. The topological polar surface area (TPSA) is 30.3 Å². The first-order chi connectivity index (χ1) is 11.8. The van der Waals surface area contributed by atoms with Gasteiger partial charge in [-0.25, -0.2) is 0 Å². The van der Waals surface area contributed by atoms with Crippen LogP contribution in [-0.4, -0.2) is 48.7 Å². The van der Waals surface area contributed by atoms with E-state index in [1.165, 1.54) is 17.3 Å². The standard InChI is InChI=1S/C21H25N3/c22-17-20-8-10-21(11-9-20)18-24-15-13-23(14-16-24)12-4-7-19-5-2-1-3-6-19/h1-11,17,22H,12-16,18H2. The Bertz CT molecular complexity index is 653. The van der Waals surface area contributed by atoms with Gasteiger partial charge in [0.05, 0.1) is 0 Å². The van der Waals surface area contributed by atoms with E-state index in [0.717, 1.165) is 44.8 Å². The van der Waals surface area contributed by atoms with Crippen LogP contribution < -0.4 is 0 Å². The molecular weight excluding hydrogens is 294 g/mol. The van der Waals surface area contributed by atoms with Crippen molar-refractivity contribution in [3.05, 3.63) is 77.4 Å². The zero-order valence-electron chi connectivity index (χ0n) is 14.1. The Labute approximate surface area is 144 Å². The summed E-state index contributed by atoms with van der Waals surface area (Å²) in [6.45, 7) is 6.51. The third-order valence-corrected chi connectivity index (χ3v) is 4.49. The summed E-state index contributed by atoms with van der Waals surface area (Å²) in [5.74, 6) is 0. The van der Waals surface area contributed by atoms with Crippen LogP contribution in [0, 0.1) is 5.41 Å². The van der Waals surface area contributed by atoms with Crippen molar-refractivity contribution in [3.8, 4) is 0 Å². The molecule has 0 aliphatic carbocycles. The molecule has 1 aliphatic heterocycles. The summed E-state index contributed by atoms with van der Waals surface area (Å²) in [6, 6.07) is 18.8. The van der Waals surface area contributed by atoms with E-state index in [-0.39, 0.29) is 0 Å². The highest BCUT2D eigenvalue weighted by atomic mass is 15.3. The molecule has 1 N–H and O–H groups in total. The third kappa shape index (κ3) is 4.88. The second-order valence-corrected chi connectivity index (χ2v) is 6.28. The lowest BCUT2D eigenvalue weighted by Gasteiger charge is -2.34. The normalized spacial score (nSPS) is 16.5. The van der Waals surface area contributed by atoms with Crippen molar-refractivity contribution in [3.63, 3.8) is 0 Å². The van der Waals surface area contributed by atoms with E-state index < -0.39 is 0 Å². The maximum atomic E-state index is 7.25. The molecule has 0 radical (unpaired) electrons. The van der Waals surface area contributed by atoms with Gasteiger partial charge >= 0.3 is 0 Å². The van der Waals surface area contributed by atoms with Crippen molar-refractivity contribution < 1.29 is 0 Å². The molecule has 3 nitrogen and oxygen atoms in total. The van der Waals surface area contributed by atoms with Crippen molar-refractivity contribution in [2.24, 2.45) is 0 Å². The maximum absolute atomic E-state index is 7.25. The van der Waals surface area contributed by atoms with Crippen molar-refractivity contribution in [1.29, 1.82) is 5.41 Å². The predicted octanol–water partition coefficient (Wildman–Crippen LogP) is 3.52. The van der Waals surface area contributed by atoms with Gasteiger partial charge in [0.15, 0.2) is 0 Å². The molecule has 3 rings (SSSR count). The number of benzene rings is 2. The Morgan fingerprint density at radius 1 is 0.792 bits per heavy atom. The summed E-state index contributed by atoms with van der Waals surface area (Å²) in [7, 11) is 0. The Balaban J connectivity index is 1.42. The summed E-state index contributed by atoms with van der Waals surface area (Å²) in [6.07, 6.45) is 5.86. The quantitative estimate of drug-likeness (QED) is 0.826. The minimum Gasteiger partial charge on any atom is -0.308 e. The molecule has 1 aliphatic rings. The molecule has 2 aromatic carbocycles. The van der Waals surface area contributed by atoms with Crippen LogP contribution in [0.2, 0.25) is 0 Å². The molecule has 0 amide bonds. The van der Waals surface area contributed by atoms with Crippen LogP contribution >= 0.6 is 0 Å². The van der Waals surface area contributed by atoms with Crippen LogP contribution in [0.25, 0.3) is 6.08 Å². The summed E-state index contributed by atoms with van der Waals surface area (Å²) in [5.41, 5.74) is 3.57. The van der Waals surface area contributed by atoms with Gasteiger partial charge in [0.1, 0.15) is 0 Å². The molecule has 3 heteroatoms. The van der Waals surface area contributed by atoms with E-state index in [9.17, 15) is 0 Å². The van der Waals surface area contributed by atoms with Crippen LogP contribution in [0.3, 0.4) is 0 Å². The minimum atomic E-state index is 0.966. The van der Waals surface area contributed by atoms with Gasteiger partial charge in [-0.05, 0) is 16.7 Å². The zero-order chi connectivity index (χ0) is 16.6. The lowest BCUT2D eigenvalue weighted by atomic mass is 10.1. The van der Waals surface area contributed by atoms with Gasteiger partial charge in [-0.2, -0.15) is 0 Å². The van der Waals surface area contributed by atoms with E-state index in [2.05, 4.69) is 64.4 Å². The van der Waals surface area contributed by atoms with Crippen LogP contribution in [0.15, 0.2) is 60.7 Å². The Morgan fingerprint density at radius 3 is 2.12 bits per heavy atom. The average Bonchev–Trinajstić information content (AvgIpc) is 2.65. The highest BCUT2D eigenvalue weighted by Crippen LogP contribution is 2.10. The molecule has 0 bridgehead atoms. The van der Waals surface area contributed by atoms with Gasteiger partial charge in [0.2, 0.25) is 0 Å². The SMILES string of the molecule is N=Cc1ccc(CN2CCN(CC=Cc3ccccc3)CC2)cc1. The second kappa shape index (κ2) is 8.57. The molecule has 2 aromatic rings. The fourth-order valence-electron chi connectivity index (χ4n) is 3.01. The molecule has 24 heavy (non-hydrogen) atoms. The van der Waals surface area contributed by atoms with Crippen LogP contribution in [0.4, 0.5) is 0 Å². The molecule has 0 unspecified atom stereocenters. The second-order valence-electron chi connectivity index (χ2n) is 6.28. The van der Waals surface area contributed by atoms with Crippen molar-refractivity contribution in [2.45, 2.75) is 6.54 Å². The predicted molar refractivity (Wildman–Crippen MR) is 102 cm³/mol. The number of nitrogens with one attached hydrogen (secondary N) is 1. The minimum absolute atomic E-state index is 0.966. The van der Waals surface area contributed by atoms with E-state index in [0.29, 0.717) is 0 Å². The summed E-state index contributed by atoms with van der Waals surface area (Å²) in [4.78, 5) is 5.02. The van der Waals surface area contributed by atoms with Crippen molar-refractivity contribution in [1.82, 2.24) is 9.80 Å². The van der Waals surface area contributed by atoms with E-state index in [1.807, 2.05) is 12.1 Å². The monoisotopic (exact) mass is 319 g/mol. The first-order valence-corrected chi connectivity index (χ1v) is 8.59. The smallest absolute Gasteiger partial charge is 0.0250 e. The Hall–Kier alpha value is -2.23. The molecule has 0 saturated carbocycles. The van der Waals surface area contributed by atoms with Crippen molar-refractivity contribution in [2.75, 3.05) is 32.7 Å². The highest BCUT2D eigenvalue weighted by molar-refractivity contribution is 5.76. The first kappa shape index (κ1) is 16.6. The Morgan fingerprint density at radius 2 is 1.46 bits per heavy atom. The van der Waals surface area contributed by atoms with Gasteiger partial charge in [-0.15, -0.1) is 0 Å². The number of hydrogen-bond donors (Lipinski definition) is 1. The molecule has 1 saturated heterocycles. The lowest BCUT2D eigenvalue weighted by Crippen LogP contribution is -2.45. The fourth-order valence-corrected chi connectivity index (χ4v) is 3.01. The van der Waals surface area contributed by atoms with Crippen LogP contribution in [0.5, 0.6) is 0 Å². The van der Waals surface area contributed by atoms with Crippen molar-refractivity contribution >= 4 is 12.3 Å². The van der Waals surface area contributed by atoms with Gasteiger partial charge in [0, 0.05) is 45.5 Å². The molecule has 0 spiro atoms. The van der Waals surface area contributed by atoms with Gasteiger partial charge in [-0.3, -0.25) is 9.80 Å². The molecular formula is C21H25N3. The van der Waals surface area contributed by atoms with Gasteiger partial charge in [-0.1, -0.05) is 66.7 Å². The van der Waals surface area contributed by atoms with E-state index >= 15 is 0 Å². The number of nitrogens with zero attached hydrogens (tertiary/aromatic N) is 2. The largest absolute Gasteiger partial charge is 0.308 e. The summed E-state index contributed by atoms with van der Waals surface area (Å²) in [5, 5.41) is 7.25.